The molecule has 0 spiro atoms. The van der Waals surface area contributed by atoms with Crippen LogP contribution in [0.3, 0.4) is 0 Å². The van der Waals surface area contributed by atoms with Crippen LogP contribution in [-0.2, 0) is 0 Å². The van der Waals surface area contributed by atoms with Crippen molar-refractivity contribution in [2.75, 3.05) is 0 Å². The van der Waals surface area contributed by atoms with E-state index in [0.29, 0.717) is 0 Å². The molecule has 92 valence electrons. The minimum absolute atomic E-state index is 0.215. The molecule has 2 heteroatoms. The Balaban J connectivity index is 1.66. The highest BCUT2D eigenvalue weighted by Crippen LogP contribution is 2.61. The van der Waals surface area contributed by atoms with Crippen molar-refractivity contribution >= 4 is 10.9 Å². The van der Waals surface area contributed by atoms with E-state index in [2.05, 4.69) is 29.2 Å². The Morgan fingerprint density at radius 3 is 2.83 bits per heavy atom. The molecule has 0 amide bonds. The maximum absolute atomic E-state index is 6.45. The van der Waals surface area contributed by atoms with Gasteiger partial charge in [0.1, 0.15) is 0 Å². The molecule has 0 bridgehead atoms. The van der Waals surface area contributed by atoms with E-state index < -0.39 is 0 Å². The summed E-state index contributed by atoms with van der Waals surface area (Å²) in [6, 6.07) is 10.8. The van der Waals surface area contributed by atoms with Crippen molar-refractivity contribution in [2.24, 2.45) is 23.5 Å². The van der Waals surface area contributed by atoms with Gasteiger partial charge >= 0.3 is 0 Å². The quantitative estimate of drug-likeness (QED) is 0.872. The van der Waals surface area contributed by atoms with Crippen molar-refractivity contribution in [1.82, 2.24) is 4.98 Å². The van der Waals surface area contributed by atoms with Crippen LogP contribution in [0.1, 0.15) is 30.9 Å². The molecule has 18 heavy (non-hydrogen) atoms. The second-order valence-corrected chi connectivity index (χ2v) is 5.82. The topological polar surface area (TPSA) is 38.9 Å². The lowest BCUT2D eigenvalue weighted by atomic mass is 9.97. The summed E-state index contributed by atoms with van der Waals surface area (Å²) in [6.45, 7) is 0. The van der Waals surface area contributed by atoms with Crippen LogP contribution in [-0.4, -0.2) is 4.98 Å². The fourth-order valence-corrected chi connectivity index (χ4v) is 3.92. The zero-order valence-corrected chi connectivity index (χ0v) is 10.4. The van der Waals surface area contributed by atoms with Crippen molar-refractivity contribution in [2.45, 2.75) is 25.3 Å². The van der Waals surface area contributed by atoms with Crippen molar-refractivity contribution in [3.8, 4) is 0 Å². The van der Waals surface area contributed by atoms with E-state index in [-0.39, 0.29) is 6.04 Å². The van der Waals surface area contributed by atoms with Gasteiger partial charge in [-0.2, -0.15) is 0 Å². The van der Waals surface area contributed by atoms with E-state index >= 15 is 0 Å². The number of rotatable bonds is 2. The van der Waals surface area contributed by atoms with Gasteiger partial charge in [-0.3, -0.25) is 4.98 Å². The summed E-state index contributed by atoms with van der Waals surface area (Å²) in [5.41, 5.74) is 8.78. The van der Waals surface area contributed by atoms with Crippen LogP contribution in [0, 0.1) is 17.8 Å². The van der Waals surface area contributed by atoms with Crippen molar-refractivity contribution < 1.29 is 0 Å². The van der Waals surface area contributed by atoms with Crippen LogP contribution >= 0.6 is 0 Å². The summed E-state index contributed by atoms with van der Waals surface area (Å²) in [7, 11) is 0. The Morgan fingerprint density at radius 2 is 2.00 bits per heavy atom. The fraction of sp³-hybridized carbons (Fsp3) is 0.438. The third-order valence-electron chi connectivity index (χ3n) is 4.90. The van der Waals surface area contributed by atoms with E-state index in [9.17, 15) is 0 Å². The first-order valence-electron chi connectivity index (χ1n) is 6.95. The number of nitrogens with two attached hydrogens (primary N) is 1. The van der Waals surface area contributed by atoms with Gasteiger partial charge in [-0.05, 0) is 48.3 Å². The molecule has 3 unspecified atom stereocenters. The molecule has 2 nitrogen and oxygen atoms in total. The molecular weight excluding hydrogens is 220 g/mol. The van der Waals surface area contributed by atoms with E-state index in [1.54, 1.807) is 0 Å². The zero-order chi connectivity index (χ0) is 12.1. The first-order chi connectivity index (χ1) is 8.84. The summed E-state index contributed by atoms with van der Waals surface area (Å²) in [5, 5.41) is 1.20. The molecule has 3 atom stereocenters. The van der Waals surface area contributed by atoms with E-state index in [1.165, 1.54) is 30.2 Å². The number of pyridine rings is 1. The Hall–Kier alpha value is -1.41. The number of fused-ring (bicyclic) bond motifs is 2. The third-order valence-corrected chi connectivity index (χ3v) is 4.90. The van der Waals surface area contributed by atoms with Crippen LogP contribution in [0.2, 0.25) is 0 Å². The summed E-state index contributed by atoms with van der Waals surface area (Å²) in [4.78, 5) is 4.42. The van der Waals surface area contributed by atoms with Gasteiger partial charge in [-0.15, -0.1) is 0 Å². The Labute approximate surface area is 107 Å². The molecule has 0 aliphatic heterocycles. The number of hydrogen-bond donors (Lipinski definition) is 1. The number of nitrogens with zero attached hydrogens (tertiary/aromatic N) is 1. The molecule has 0 saturated heterocycles. The summed E-state index contributed by atoms with van der Waals surface area (Å²) < 4.78 is 0. The van der Waals surface area contributed by atoms with Gasteiger partial charge in [0.15, 0.2) is 0 Å². The van der Waals surface area contributed by atoms with E-state index in [4.69, 9.17) is 5.73 Å². The van der Waals surface area contributed by atoms with Gasteiger partial charge in [0.05, 0.1) is 5.52 Å². The van der Waals surface area contributed by atoms with Crippen LogP contribution in [0.4, 0.5) is 0 Å². The minimum Gasteiger partial charge on any atom is -0.324 e. The Bertz CT molecular complexity index is 582. The highest BCUT2D eigenvalue weighted by Gasteiger charge is 2.55. The fourth-order valence-electron chi connectivity index (χ4n) is 3.92. The maximum atomic E-state index is 6.45. The first kappa shape index (κ1) is 10.5. The van der Waals surface area contributed by atoms with Crippen molar-refractivity contribution in [3.05, 3.63) is 42.1 Å². The van der Waals surface area contributed by atoms with Gasteiger partial charge in [0.25, 0.3) is 0 Å². The highest BCUT2D eigenvalue weighted by atomic mass is 14.8. The lowest BCUT2D eigenvalue weighted by Gasteiger charge is -2.14. The number of hydrogen-bond acceptors (Lipinski definition) is 2. The van der Waals surface area contributed by atoms with Crippen LogP contribution < -0.4 is 5.73 Å². The minimum atomic E-state index is 0.215. The van der Waals surface area contributed by atoms with Gasteiger partial charge in [0, 0.05) is 17.6 Å². The predicted octanol–water partition coefficient (Wildman–Crippen LogP) is 3.28. The second-order valence-electron chi connectivity index (χ2n) is 5.82. The number of aromatic nitrogens is 1. The van der Waals surface area contributed by atoms with Crippen molar-refractivity contribution in [3.63, 3.8) is 0 Å². The van der Waals surface area contributed by atoms with Crippen LogP contribution in [0.5, 0.6) is 0 Å². The van der Waals surface area contributed by atoms with Gasteiger partial charge in [-0.25, -0.2) is 0 Å². The largest absolute Gasteiger partial charge is 0.324 e. The Kier molecular flexibility index (Phi) is 2.21. The third kappa shape index (κ3) is 1.49. The molecule has 4 rings (SSSR count). The lowest BCUT2D eigenvalue weighted by Crippen LogP contribution is -2.15. The molecule has 2 aliphatic rings. The van der Waals surface area contributed by atoms with E-state index in [0.717, 1.165) is 23.3 Å². The molecule has 0 radical (unpaired) electrons. The molecule has 2 aliphatic carbocycles. The van der Waals surface area contributed by atoms with Gasteiger partial charge in [-0.1, -0.05) is 24.6 Å². The highest BCUT2D eigenvalue weighted by molar-refractivity contribution is 5.79. The standard InChI is InChI=1S/C16H18N2/c17-16(15-12-4-1-5-13(12)15)11-7-6-10-3-2-8-18-14(10)9-11/h2-3,6-9,12-13,15-16H,1,4-5,17H2. The van der Waals surface area contributed by atoms with Crippen LogP contribution in [0.15, 0.2) is 36.5 Å². The summed E-state index contributed by atoms with van der Waals surface area (Å²) in [6.07, 6.45) is 6.06. The molecule has 1 heterocycles. The normalized spacial score (nSPS) is 31.3. The average Bonchev–Trinajstić information content (AvgIpc) is 2.90. The predicted molar refractivity (Wildman–Crippen MR) is 73.0 cm³/mol. The average molecular weight is 238 g/mol. The molecular formula is C16H18N2. The molecule has 2 aromatic rings. The smallest absolute Gasteiger partial charge is 0.0705 e. The molecule has 2 fully saturated rings. The van der Waals surface area contributed by atoms with Crippen LogP contribution in [0.25, 0.3) is 10.9 Å². The zero-order valence-electron chi connectivity index (χ0n) is 10.4. The van der Waals surface area contributed by atoms with Gasteiger partial charge < -0.3 is 5.73 Å². The van der Waals surface area contributed by atoms with Crippen molar-refractivity contribution in [1.29, 1.82) is 0 Å². The monoisotopic (exact) mass is 238 g/mol. The SMILES string of the molecule is NC(c1ccc2cccnc2c1)C1C2CCCC21. The lowest BCUT2D eigenvalue weighted by molar-refractivity contribution is 0.502. The first-order valence-corrected chi connectivity index (χ1v) is 6.95. The molecule has 1 aromatic heterocycles. The summed E-state index contributed by atoms with van der Waals surface area (Å²) >= 11 is 0. The van der Waals surface area contributed by atoms with Gasteiger partial charge in [0.2, 0.25) is 0 Å². The molecule has 2 N–H and O–H groups in total. The Morgan fingerprint density at radius 1 is 1.17 bits per heavy atom. The molecule has 2 saturated carbocycles. The maximum Gasteiger partial charge on any atom is 0.0705 e. The number of benzene rings is 1. The van der Waals surface area contributed by atoms with E-state index in [1.807, 2.05) is 12.3 Å². The molecule has 1 aromatic carbocycles. The second kappa shape index (κ2) is 3.79. The summed E-state index contributed by atoms with van der Waals surface area (Å²) in [5.74, 6) is 2.57.